The first kappa shape index (κ1) is 18.7. The molecule has 0 atom stereocenters. The molecule has 0 radical (unpaired) electrons. The van der Waals surface area contributed by atoms with E-state index in [1.807, 2.05) is 0 Å². The Labute approximate surface area is 158 Å². The van der Waals surface area contributed by atoms with Crippen LogP contribution in [-0.2, 0) is 10.0 Å². The zero-order valence-corrected chi connectivity index (χ0v) is 15.9. The number of rotatable bonds is 6. The summed E-state index contributed by atoms with van der Waals surface area (Å²) in [5, 5.41) is 8.00. The van der Waals surface area contributed by atoms with Crippen LogP contribution in [0.25, 0.3) is 11.3 Å². The zero-order chi connectivity index (χ0) is 19.4. The average molecular weight is 385 g/mol. The maximum absolute atomic E-state index is 12.6. The van der Waals surface area contributed by atoms with Crippen LogP contribution in [0.2, 0.25) is 0 Å². The van der Waals surface area contributed by atoms with Gasteiger partial charge in [-0.3, -0.25) is 4.72 Å². The van der Waals surface area contributed by atoms with Gasteiger partial charge in [0.05, 0.1) is 24.8 Å². The van der Waals surface area contributed by atoms with Crippen LogP contribution in [0.3, 0.4) is 0 Å². The molecule has 0 saturated carbocycles. The topological polar surface area (TPSA) is 90.4 Å². The second-order valence-electron chi connectivity index (χ2n) is 5.78. The minimum absolute atomic E-state index is 0.172. The number of nitrogens with one attached hydrogen (secondary N) is 1. The maximum atomic E-state index is 12.6. The summed E-state index contributed by atoms with van der Waals surface area (Å²) in [7, 11) is -0.630. The van der Waals surface area contributed by atoms with E-state index in [2.05, 4.69) is 14.9 Å². The first-order chi connectivity index (χ1) is 12.9. The van der Waals surface area contributed by atoms with Crippen molar-refractivity contribution in [1.29, 1.82) is 0 Å². The Morgan fingerprint density at radius 2 is 1.63 bits per heavy atom. The summed E-state index contributed by atoms with van der Waals surface area (Å²) in [5.41, 5.74) is 2.67. The number of aryl methyl sites for hydroxylation is 1. The Morgan fingerprint density at radius 1 is 0.889 bits per heavy atom. The van der Waals surface area contributed by atoms with Crippen molar-refractivity contribution in [3.05, 3.63) is 60.2 Å². The van der Waals surface area contributed by atoms with E-state index >= 15 is 0 Å². The molecule has 0 aliphatic rings. The van der Waals surface area contributed by atoms with Gasteiger partial charge in [0.15, 0.2) is 0 Å². The molecule has 0 bridgehead atoms. The summed E-state index contributed by atoms with van der Waals surface area (Å²) in [4.78, 5) is 0.172. The van der Waals surface area contributed by atoms with Gasteiger partial charge in [-0.1, -0.05) is 12.1 Å². The van der Waals surface area contributed by atoms with E-state index in [1.165, 1.54) is 13.2 Å². The fourth-order valence-corrected chi connectivity index (χ4v) is 3.67. The molecule has 0 unspecified atom stereocenters. The van der Waals surface area contributed by atoms with E-state index in [9.17, 15) is 8.42 Å². The Bertz CT molecular complexity index is 1030. The van der Waals surface area contributed by atoms with Crippen molar-refractivity contribution in [3.63, 3.8) is 0 Å². The van der Waals surface area contributed by atoms with Crippen LogP contribution in [0.5, 0.6) is 11.6 Å². The number of methoxy groups -OCH3 is 2. The molecular formula is C19H19N3O4S. The molecule has 0 aliphatic heterocycles. The number of benzene rings is 2. The third kappa shape index (κ3) is 4.17. The minimum atomic E-state index is -3.70. The molecule has 1 heterocycles. The molecule has 27 heavy (non-hydrogen) atoms. The van der Waals surface area contributed by atoms with E-state index < -0.39 is 10.0 Å². The van der Waals surface area contributed by atoms with Gasteiger partial charge >= 0.3 is 0 Å². The number of hydrogen-bond acceptors (Lipinski definition) is 6. The molecule has 0 amide bonds. The molecule has 0 spiro atoms. The van der Waals surface area contributed by atoms with Crippen LogP contribution in [0, 0.1) is 6.92 Å². The van der Waals surface area contributed by atoms with Gasteiger partial charge in [-0.2, -0.15) is 0 Å². The molecule has 7 nitrogen and oxygen atoms in total. The highest BCUT2D eigenvalue weighted by molar-refractivity contribution is 7.92. The zero-order valence-electron chi connectivity index (χ0n) is 15.1. The highest BCUT2D eigenvalue weighted by Gasteiger charge is 2.15. The summed E-state index contributed by atoms with van der Waals surface area (Å²) < 4.78 is 37.9. The number of ether oxygens (including phenoxy) is 2. The highest BCUT2D eigenvalue weighted by atomic mass is 32.2. The maximum Gasteiger partial charge on any atom is 0.261 e. The van der Waals surface area contributed by atoms with Gasteiger partial charge in [0.1, 0.15) is 5.75 Å². The quantitative estimate of drug-likeness (QED) is 0.700. The van der Waals surface area contributed by atoms with E-state index in [1.54, 1.807) is 62.6 Å². The summed E-state index contributed by atoms with van der Waals surface area (Å²) in [6, 6.07) is 15.1. The minimum Gasteiger partial charge on any atom is -0.496 e. The molecular weight excluding hydrogens is 366 g/mol. The molecule has 8 heteroatoms. The Morgan fingerprint density at radius 3 is 2.19 bits per heavy atom. The molecule has 1 aromatic heterocycles. The lowest BCUT2D eigenvalue weighted by Crippen LogP contribution is -2.13. The first-order valence-electron chi connectivity index (χ1n) is 8.08. The Balaban J connectivity index is 1.79. The number of hydrogen-bond donors (Lipinski definition) is 1. The van der Waals surface area contributed by atoms with Crippen molar-refractivity contribution >= 4 is 15.7 Å². The van der Waals surface area contributed by atoms with Crippen molar-refractivity contribution in [2.24, 2.45) is 0 Å². The van der Waals surface area contributed by atoms with Crippen LogP contribution >= 0.6 is 0 Å². The molecule has 140 valence electrons. The molecule has 1 N–H and O–H groups in total. The molecule has 3 aromatic rings. The van der Waals surface area contributed by atoms with E-state index in [0.29, 0.717) is 23.0 Å². The standard InChI is InChI=1S/C19H19N3O4S/c1-13-12-16(8-10-18(13)25-2)27(23,24)22-15-6-4-14(5-7-15)17-9-11-19(26-3)21-20-17/h4-12,22H,1-3H3. The fraction of sp³-hybridized carbons (Fsp3) is 0.158. The van der Waals surface area contributed by atoms with Gasteiger partial charge < -0.3 is 9.47 Å². The number of anilines is 1. The van der Waals surface area contributed by atoms with Crippen molar-refractivity contribution in [2.45, 2.75) is 11.8 Å². The van der Waals surface area contributed by atoms with Crippen LogP contribution < -0.4 is 14.2 Å². The number of nitrogens with zero attached hydrogens (tertiary/aromatic N) is 2. The van der Waals surface area contributed by atoms with Crippen molar-refractivity contribution in [3.8, 4) is 22.9 Å². The van der Waals surface area contributed by atoms with Gasteiger partial charge in [0.25, 0.3) is 10.0 Å². The normalized spacial score (nSPS) is 11.1. The summed E-state index contributed by atoms with van der Waals surface area (Å²) >= 11 is 0. The Kier molecular flexibility index (Phi) is 5.27. The van der Waals surface area contributed by atoms with Crippen LogP contribution in [0.4, 0.5) is 5.69 Å². The average Bonchev–Trinajstić information content (AvgIpc) is 2.68. The number of aromatic nitrogens is 2. The van der Waals surface area contributed by atoms with Crippen LogP contribution in [-0.4, -0.2) is 32.8 Å². The monoisotopic (exact) mass is 385 g/mol. The van der Waals surface area contributed by atoms with Gasteiger partial charge in [-0.25, -0.2) is 8.42 Å². The lowest BCUT2D eigenvalue weighted by molar-refractivity contribution is 0.392. The van der Waals surface area contributed by atoms with Gasteiger partial charge in [-0.15, -0.1) is 10.2 Å². The summed E-state index contributed by atoms with van der Waals surface area (Å²) in [5.74, 6) is 1.07. The molecule has 0 saturated heterocycles. The summed E-state index contributed by atoms with van der Waals surface area (Å²) in [6.07, 6.45) is 0. The second kappa shape index (κ2) is 7.63. The van der Waals surface area contributed by atoms with E-state index in [4.69, 9.17) is 9.47 Å². The SMILES string of the molecule is COc1ccc(-c2ccc(NS(=O)(=O)c3ccc(OC)c(C)c3)cc2)nn1. The molecule has 0 fully saturated rings. The van der Waals surface area contributed by atoms with Gasteiger partial charge in [-0.05, 0) is 48.9 Å². The fourth-order valence-electron chi connectivity index (χ4n) is 2.52. The molecule has 3 rings (SSSR count). The molecule has 2 aromatic carbocycles. The van der Waals surface area contributed by atoms with Crippen molar-refractivity contribution in [1.82, 2.24) is 10.2 Å². The van der Waals surface area contributed by atoms with Crippen molar-refractivity contribution in [2.75, 3.05) is 18.9 Å². The van der Waals surface area contributed by atoms with Crippen molar-refractivity contribution < 1.29 is 17.9 Å². The third-order valence-corrected chi connectivity index (χ3v) is 5.34. The van der Waals surface area contributed by atoms with Crippen LogP contribution in [0.15, 0.2) is 59.5 Å². The lowest BCUT2D eigenvalue weighted by atomic mass is 10.1. The highest BCUT2D eigenvalue weighted by Crippen LogP contribution is 2.25. The predicted molar refractivity (Wildman–Crippen MR) is 103 cm³/mol. The lowest BCUT2D eigenvalue weighted by Gasteiger charge is -2.11. The smallest absolute Gasteiger partial charge is 0.261 e. The largest absolute Gasteiger partial charge is 0.496 e. The third-order valence-electron chi connectivity index (χ3n) is 3.96. The van der Waals surface area contributed by atoms with Gasteiger partial charge in [0, 0.05) is 17.3 Å². The summed E-state index contributed by atoms with van der Waals surface area (Å²) in [6.45, 7) is 1.79. The van der Waals surface area contributed by atoms with Crippen LogP contribution in [0.1, 0.15) is 5.56 Å². The van der Waals surface area contributed by atoms with E-state index in [0.717, 1.165) is 11.1 Å². The van der Waals surface area contributed by atoms with Gasteiger partial charge in [0.2, 0.25) is 5.88 Å². The van der Waals surface area contributed by atoms with E-state index in [-0.39, 0.29) is 4.90 Å². The Hall–Kier alpha value is -3.13. The first-order valence-corrected chi connectivity index (χ1v) is 9.57. The molecule has 0 aliphatic carbocycles. The second-order valence-corrected chi connectivity index (χ2v) is 7.46. The predicted octanol–water partition coefficient (Wildman–Crippen LogP) is 3.27. The number of sulfonamides is 1.